The number of aryl methyl sites for hydroxylation is 3. The molecule has 21 heavy (non-hydrogen) atoms. The number of nitro groups is 1. The molecule has 1 aromatic heterocycles. The van der Waals surface area contributed by atoms with E-state index in [-0.39, 0.29) is 11.6 Å². The number of aromatic nitrogens is 2. The van der Waals surface area contributed by atoms with E-state index < -0.39 is 4.92 Å². The van der Waals surface area contributed by atoms with Gasteiger partial charge in [-0.3, -0.25) is 15.5 Å². The third kappa shape index (κ3) is 3.23. The second kappa shape index (κ2) is 5.71. The third-order valence-electron chi connectivity index (χ3n) is 2.86. The molecule has 8 nitrogen and oxygen atoms in total. The van der Waals surface area contributed by atoms with Crippen molar-refractivity contribution >= 4 is 11.6 Å². The first-order chi connectivity index (χ1) is 9.90. The van der Waals surface area contributed by atoms with Gasteiger partial charge < -0.3 is 4.74 Å². The summed E-state index contributed by atoms with van der Waals surface area (Å²) in [6, 6.07) is 4.73. The number of hydrogen-bond donors (Lipinski definition) is 2. The van der Waals surface area contributed by atoms with Crippen LogP contribution in [-0.2, 0) is 0 Å². The van der Waals surface area contributed by atoms with Gasteiger partial charge in [0.1, 0.15) is 5.75 Å². The van der Waals surface area contributed by atoms with Gasteiger partial charge in [-0.25, -0.2) is 10.8 Å². The second-order valence-electron chi connectivity index (χ2n) is 4.58. The van der Waals surface area contributed by atoms with E-state index in [0.717, 1.165) is 0 Å². The molecule has 1 aromatic carbocycles. The molecule has 0 aliphatic rings. The van der Waals surface area contributed by atoms with Gasteiger partial charge in [0.15, 0.2) is 0 Å². The molecule has 1 heterocycles. The molecule has 0 atom stereocenters. The average Bonchev–Trinajstić information content (AvgIpc) is 2.41. The summed E-state index contributed by atoms with van der Waals surface area (Å²) in [7, 11) is 0. The summed E-state index contributed by atoms with van der Waals surface area (Å²) in [5, 5.41) is 10.9. The molecule has 0 bridgehead atoms. The van der Waals surface area contributed by atoms with Crippen molar-refractivity contribution in [2.24, 2.45) is 5.84 Å². The van der Waals surface area contributed by atoms with E-state index >= 15 is 0 Å². The quantitative estimate of drug-likeness (QED) is 0.504. The highest BCUT2D eigenvalue weighted by Gasteiger charge is 2.15. The van der Waals surface area contributed by atoms with Crippen LogP contribution in [-0.4, -0.2) is 14.9 Å². The highest BCUT2D eigenvalue weighted by atomic mass is 16.6. The number of nitrogens with zero attached hydrogens (tertiary/aromatic N) is 3. The Morgan fingerprint density at radius 1 is 1.19 bits per heavy atom. The fourth-order valence-electron chi connectivity index (χ4n) is 1.85. The maximum absolute atomic E-state index is 10.9. The van der Waals surface area contributed by atoms with E-state index in [4.69, 9.17) is 10.6 Å². The van der Waals surface area contributed by atoms with Gasteiger partial charge in [0, 0.05) is 23.4 Å². The Kier molecular flexibility index (Phi) is 3.99. The fraction of sp³-hybridized carbons (Fsp3) is 0.231. The molecule has 3 N–H and O–H groups in total. The highest BCUT2D eigenvalue weighted by Crippen LogP contribution is 2.30. The number of nitro benzene ring substituents is 1. The van der Waals surface area contributed by atoms with Crippen LogP contribution in [0.4, 0.5) is 11.6 Å². The van der Waals surface area contributed by atoms with E-state index in [1.807, 2.05) is 0 Å². The van der Waals surface area contributed by atoms with Crippen LogP contribution in [0, 0.1) is 30.9 Å². The van der Waals surface area contributed by atoms with Crippen LogP contribution in [0.5, 0.6) is 11.6 Å². The minimum absolute atomic E-state index is 0.0584. The SMILES string of the molecule is Cc1cc(Oc2cc(C)c([N+](=O)[O-])cc2C)nc(NN)n1. The van der Waals surface area contributed by atoms with Gasteiger partial charge in [-0.2, -0.15) is 4.98 Å². The number of ether oxygens (including phenoxy) is 1. The van der Waals surface area contributed by atoms with Crippen LogP contribution in [0.15, 0.2) is 18.2 Å². The molecule has 0 fully saturated rings. The Bertz CT molecular complexity index is 702. The summed E-state index contributed by atoms with van der Waals surface area (Å²) in [4.78, 5) is 18.6. The van der Waals surface area contributed by atoms with Crippen molar-refractivity contribution in [1.29, 1.82) is 0 Å². The predicted octanol–water partition coefficient (Wildman–Crippen LogP) is 2.39. The number of nitrogens with two attached hydrogens (primary N) is 1. The minimum atomic E-state index is -0.419. The summed E-state index contributed by atoms with van der Waals surface area (Å²) in [5.41, 5.74) is 4.26. The molecule has 2 aromatic rings. The largest absolute Gasteiger partial charge is 0.439 e. The molecule has 0 amide bonds. The van der Waals surface area contributed by atoms with E-state index in [1.54, 1.807) is 32.9 Å². The summed E-state index contributed by atoms with van der Waals surface area (Å²) in [6.45, 7) is 5.17. The lowest BCUT2D eigenvalue weighted by atomic mass is 10.1. The van der Waals surface area contributed by atoms with Gasteiger partial charge in [0.05, 0.1) is 4.92 Å². The summed E-state index contributed by atoms with van der Waals surface area (Å²) >= 11 is 0. The fourth-order valence-corrected chi connectivity index (χ4v) is 1.85. The molecular formula is C13H15N5O3. The van der Waals surface area contributed by atoms with Crippen molar-refractivity contribution in [3.05, 3.63) is 45.1 Å². The monoisotopic (exact) mass is 289 g/mol. The molecule has 0 aliphatic carbocycles. The van der Waals surface area contributed by atoms with Gasteiger partial charge in [-0.15, -0.1) is 0 Å². The topological polar surface area (TPSA) is 116 Å². The van der Waals surface area contributed by atoms with Gasteiger partial charge >= 0.3 is 0 Å². The number of nitrogen functional groups attached to an aromatic ring is 1. The van der Waals surface area contributed by atoms with Gasteiger partial charge in [-0.1, -0.05) is 0 Å². The number of anilines is 1. The molecule has 0 radical (unpaired) electrons. The average molecular weight is 289 g/mol. The zero-order valence-corrected chi connectivity index (χ0v) is 11.9. The third-order valence-corrected chi connectivity index (χ3v) is 2.86. The zero-order valence-electron chi connectivity index (χ0n) is 11.9. The first-order valence-electron chi connectivity index (χ1n) is 6.16. The molecule has 0 spiro atoms. The highest BCUT2D eigenvalue weighted by molar-refractivity contribution is 5.50. The van der Waals surface area contributed by atoms with Crippen molar-refractivity contribution in [1.82, 2.24) is 9.97 Å². The Morgan fingerprint density at radius 3 is 2.52 bits per heavy atom. The number of rotatable bonds is 4. The first kappa shape index (κ1) is 14.7. The van der Waals surface area contributed by atoms with E-state index in [0.29, 0.717) is 28.5 Å². The zero-order chi connectivity index (χ0) is 15.6. The Morgan fingerprint density at radius 2 is 1.90 bits per heavy atom. The van der Waals surface area contributed by atoms with Gasteiger partial charge in [-0.05, 0) is 32.4 Å². The molecular weight excluding hydrogens is 274 g/mol. The van der Waals surface area contributed by atoms with Gasteiger partial charge in [0.25, 0.3) is 5.69 Å². The molecule has 0 aliphatic heterocycles. The Hall–Kier alpha value is -2.74. The Labute approximate surface area is 121 Å². The van der Waals surface area contributed by atoms with Crippen molar-refractivity contribution < 1.29 is 9.66 Å². The van der Waals surface area contributed by atoms with Crippen LogP contribution < -0.4 is 16.0 Å². The van der Waals surface area contributed by atoms with Crippen molar-refractivity contribution in [3.8, 4) is 11.6 Å². The van der Waals surface area contributed by atoms with Crippen molar-refractivity contribution in [2.75, 3.05) is 5.43 Å². The normalized spacial score (nSPS) is 10.3. The predicted molar refractivity (Wildman–Crippen MR) is 77.2 cm³/mol. The van der Waals surface area contributed by atoms with Crippen molar-refractivity contribution in [2.45, 2.75) is 20.8 Å². The smallest absolute Gasteiger partial charge is 0.272 e. The van der Waals surface area contributed by atoms with Gasteiger partial charge in [0.2, 0.25) is 11.8 Å². The summed E-state index contributed by atoms with van der Waals surface area (Å²) in [5.74, 6) is 6.33. The standard InChI is InChI=1S/C13H15N5O3/c1-7-5-11(8(2)4-10(7)18(19)20)21-12-6-9(3)15-13(16-12)17-14/h4-6H,14H2,1-3H3,(H,15,16,17). The summed E-state index contributed by atoms with van der Waals surface area (Å²) < 4.78 is 5.68. The maximum Gasteiger partial charge on any atom is 0.272 e. The lowest BCUT2D eigenvalue weighted by Crippen LogP contribution is -2.11. The molecule has 0 unspecified atom stereocenters. The lowest BCUT2D eigenvalue weighted by Gasteiger charge is -2.10. The molecule has 8 heteroatoms. The van der Waals surface area contributed by atoms with Crippen LogP contribution >= 0.6 is 0 Å². The van der Waals surface area contributed by atoms with E-state index in [9.17, 15) is 10.1 Å². The first-order valence-corrected chi connectivity index (χ1v) is 6.16. The number of nitrogens with one attached hydrogen (secondary N) is 1. The Balaban J connectivity index is 2.38. The molecule has 110 valence electrons. The number of hydrogen-bond acceptors (Lipinski definition) is 7. The van der Waals surface area contributed by atoms with E-state index in [1.165, 1.54) is 6.07 Å². The van der Waals surface area contributed by atoms with Crippen LogP contribution in [0.2, 0.25) is 0 Å². The number of hydrazine groups is 1. The van der Waals surface area contributed by atoms with E-state index in [2.05, 4.69) is 15.4 Å². The lowest BCUT2D eigenvalue weighted by molar-refractivity contribution is -0.385. The second-order valence-corrected chi connectivity index (χ2v) is 4.58. The number of benzene rings is 1. The van der Waals surface area contributed by atoms with Crippen molar-refractivity contribution in [3.63, 3.8) is 0 Å². The van der Waals surface area contributed by atoms with Crippen LogP contribution in [0.3, 0.4) is 0 Å². The van der Waals surface area contributed by atoms with Crippen LogP contribution in [0.25, 0.3) is 0 Å². The molecule has 0 saturated carbocycles. The minimum Gasteiger partial charge on any atom is -0.439 e. The molecule has 2 rings (SSSR count). The summed E-state index contributed by atoms with van der Waals surface area (Å²) in [6.07, 6.45) is 0. The van der Waals surface area contributed by atoms with Crippen LogP contribution in [0.1, 0.15) is 16.8 Å². The maximum atomic E-state index is 10.9. The molecule has 0 saturated heterocycles.